The topological polar surface area (TPSA) is 45.7 Å². The number of piperazine rings is 1. The maximum atomic E-state index is 13.1. The predicted molar refractivity (Wildman–Crippen MR) is 124 cm³/mol. The summed E-state index contributed by atoms with van der Waals surface area (Å²) < 4.78 is 45.0. The Morgan fingerprint density at radius 2 is 2.00 bits per heavy atom. The number of carbonyl (C=O) groups excluding carboxylic acids is 1. The number of ether oxygens (including phenoxy) is 1. The second-order valence-corrected chi connectivity index (χ2v) is 9.41. The van der Waals surface area contributed by atoms with E-state index in [4.69, 9.17) is 4.74 Å². The highest BCUT2D eigenvalue weighted by molar-refractivity contribution is 7.22. The lowest BCUT2D eigenvalue weighted by Gasteiger charge is -2.41. The third-order valence-electron chi connectivity index (χ3n) is 5.81. The molecule has 1 atom stereocenters. The van der Waals surface area contributed by atoms with Gasteiger partial charge in [0.15, 0.2) is 5.13 Å². The van der Waals surface area contributed by atoms with E-state index in [2.05, 4.69) is 27.8 Å². The van der Waals surface area contributed by atoms with Gasteiger partial charge in [0, 0.05) is 39.1 Å². The molecule has 0 radical (unpaired) electrons. The zero-order valence-electron chi connectivity index (χ0n) is 18.8. The van der Waals surface area contributed by atoms with Crippen LogP contribution in [-0.4, -0.2) is 41.5 Å². The number of nitrogens with zero attached hydrogens (tertiary/aromatic N) is 3. The first-order valence-corrected chi connectivity index (χ1v) is 11.7. The van der Waals surface area contributed by atoms with E-state index in [1.54, 1.807) is 0 Å². The quantitative estimate of drug-likeness (QED) is 0.351. The van der Waals surface area contributed by atoms with Crippen molar-refractivity contribution >= 4 is 32.7 Å². The largest absolute Gasteiger partial charge is 0.427 e. The Bertz CT molecular complexity index is 1160. The van der Waals surface area contributed by atoms with Crippen molar-refractivity contribution in [3.63, 3.8) is 0 Å². The van der Waals surface area contributed by atoms with E-state index >= 15 is 0 Å². The number of esters is 1. The first kappa shape index (κ1) is 23.5. The van der Waals surface area contributed by atoms with Gasteiger partial charge < -0.3 is 9.64 Å². The van der Waals surface area contributed by atoms with E-state index in [1.807, 2.05) is 19.1 Å². The highest BCUT2D eigenvalue weighted by Crippen LogP contribution is 2.36. The number of hydrogen-bond donors (Lipinski definition) is 0. The standard InChI is InChI=1S/C24H26F3N3O2S/c1-4-19-14-30(23-28-21-6-5-18(24(25,26)27)12-22(21)33-23)8-7-29(19)13-17-9-15(2)10-20(11-17)32-16(3)31/h5-6,9-12,19H,4,7-8,13-14H2,1-3H3/t19-/m1/s1. The molecule has 4 rings (SSSR count). The molecule has 3 aromatic rings. The van der Waals surface area contributed by atoms with Gasteiger partial charge in [-0.1, -0.05) is 24.3 Å². The Balaban J connectivity index is 1.49. The van der Waals surface area contributed by atoms with Gasteiger partial charge in [-0.3, -0.25) is 9.69 Å². The summed E-state index contributed by atoms with van der Waals surface area (Å²) in [4.78, 5) is 20.5. The monoisotopic (exact) mass is 477 g/mol. The molecule has 176 valence electrons. The molecule has 1 aliphatic heterocycles. The van der Waals surface area contributed by atoms with Crippen LogP contribution in [0.25, 0.3) is 10.2 Å². The SMILES string of the molecule is CC[C@@H]1CN(c2nc3ccc(C(F)(F)F)cc3s2)CCN1Cc1cc(C)cc(OC(C)=O)c1. The third kappa shape index (κ3) is 5.47. The van der Waals surface area contributed by atoms with Crippen molar-refractivity contribution < 1.29 is 22.7 Å². The van der Waals surface area contributed by atoms with Gasteiger partial charge in [-0.2, -0.15) is 13.2 Å². The van der Waals surface area contributed by atoms with Crippen LogP contribution in [-0.2, 0) is 17.5 Å². The molecule has 1 aromatic heterocycles. The molecule has 5 nitrogen and oxygen atoms in total. The van der Waals surface area contributed by atoms with Gasteiger partial charge in [0.2, 0.25) is 0 Å². The van der Waals surface area contributed by atoms with E-state index in [1.165, 1.54) is 30.4 Å². The first-order chi connectivity index (χ1) is 15.6. The number of thiazole rings is 1. The molecule has 0 unspecified atom stereocenters. The van der Waals surface area contributed by atoms with Crippen molar-refractivity contribution in [1.29, 1.82) is 0 Å². The maximum absolute atomic E-state index is 13.1. The molecule has 2 aromatic carbocycles. The molecule has 0 saturated carbocycles. The number of rotatable bonds is 5. The zero-order chi connectivity index (χ0) is 23.8. The van der Waals surface area contributed by atoms with Gasteiger partial charge in [-0.05, 0) is 54.8 Å². The fourth-order valence-electron chi connectivity index (χ4n) is 4.26. The average Bonchev–Trinajstić information content (AvgIpc) is 3.16. The third-order valence-corrected chi connectivity index (χ3v) is 6.89. The number of aromatic nitrogens is 1. The van der Waals surface area contributed by atoms with Crippen LogP contribution in [0.4, 0.5) is 18.3 Å². The molecule has 2 heterocycles. The van der Waals surface area contributed by atoms with Crippen molar-refractivity contribution in [2.45, 2.75) is 46.0 Å². The van der Waals surface area contributed by atoms with E-state index in [0.29, 0.717) is 16.0 Å². The molecule has 33 heavy (non-hydrogen) atoms. The second-order valence-electron chi connectivity index (χ2n) is 8.40. The minimum atomic E-state index is -4.36. The van der Waals surface area contributed by atoms with Crippen LogP contribution in [0.3, 0.4) is 0 Å². The molecular formula is C24H26F3N3O2S. The zero-order valence-corrected chi connectivity index (χ0v) is 19.6. The lowest BCUT2D eigenvalue weighted by molar-refractivity contribution is -0.137. The van der Waals surface area contributed by atoms with Gasteiger partial charge >= 0.3 is 12.1 Å². The molecule has 1 saturated heterocycles. The fourth-order valence-corrected chi connectivity index (χ4v) is 5.30. The molecular weight excluding hydrogens is 451 g/mol. The highest BCUT2D eigenvalue weighted by Gasteiger charge is 2.31. The molecule has 0 spiro atoms. The van der Waals surface area contributed by atoms with Gasteiger partial charge in [0.1, 0.15) is 5.75 Å². The number of fused-ring (bicyclic) bond motifs is 1. The molecule has 1 fully saturated rings. The molecule has 0 aliphatic carbocycles. The summed E-state index contributed by atoms with van der Waals surface area (Å²) >= 11 is 1.31. The van der Waals surface area contributed by atoms with Crippen LogP contribution in [0.2, 0.25) is 0 Å². The normalized spacial score (nSPS) is 17.5. The molecule has 1 aliphatic rings. The molecule has 0 N–H and O–H groups in total. The number of benzene rings is 2. The Kier molecular flexibility index (Phi) is 6.63. The van der Waals surface area contributed by atoms with E-state index in [0.717, 1.165) is 54.9 Å². The number of halogens is 3. The van der Waals surface area contributed by atoms with Gasteiger partial charge in [0.25, 0.3) is 0 Å². The summed E-state index contributed by atoms with van der Waals surface area (Å²) in [6.07, 6.45) is -3.43. The van der Waals surface area contributed by atoms with Crippen LogP contribution in [0.5, 0.6) is 5.75 Å². The van der Waals surface area contributed by atoms with E-state index in [9.17, 15) is 18.0 Å². The maximum Gasteiger partial charge on any atom is 0.416 e. The number of alkyl halides is 3. The average molecular weight is 478 g/mol. The van der Waals surface area contributed by atoms with Crippen molar-refractivity contribution in [2.75, 3.05) is 24.5 Å². The summed E-state index contributed by atoms with van der Waals surface area (Å²) in [6.45, 7) is 8.53. The van der Waals surface area contributed by atoms with Crippen LogP contribution in [0, 0.1) is 6.92 Å². The first-order valence-electron chi connectivity index (χ1n) is 10.9. The van der Waals surface area contributed by atoms with Crippen LogP contribution < -0.4 is 9.64 Å². The molecule has 0 amide bonds. The predicted octanol–water partition coefficient (Wildman–Crippen LogP) is 5.65. The Labute approximate surface area is 194 Å². The van der Waals surface area contributed by atoms with Crippen molar-refractivity contribution in [2.24, 2.45) is 0 Å². The van der Waals surface area contributed by atoms with E-state index < -0.39 is 11.7 Å². The number of carbonyl (C=O) groups is 1. The highest BCUT2D eigenvalue weighted by atomic mass is 32.1. The van der Waals surface area contributed by atoms with Crippen molar-refractivity contribution in [1.82, 2.24) is 9.88 Å². The Hall–Kier alpha value is -2.65. The fraction of sp³-hybridized carbons (Fsp3) is 0.417. The van der Waals surface area contributed by atoms with Gasteiger partial charge in [-0.15, -0.1) is 0 Å². The number of aryl methyl sites for hydroxylation is 1. The number of hydrogen-bond acceptors (Lipinski definition) is 6. The Morgan fingerprint density at radius 1 is 1.21 bits per heavy atom. The van der Waals surface area contributed by atoms with E-state index in [-0.39, 0.29) is 12.0 Å². The summed E-state index contributed by atoms with van der Waals surface area (Å²) in [5.74, 6) is 0.210. The molecule has 0 bridgehead atoms. The lowest BCUT2D eigenvalue weighted by Crippen LogP contribution is -2.52. The van der Waals surface area contributed by atoms with Crippen LogP contribution in [0.1, 0.15) is 37.0 Å². The lowest BCUT2D eigenvalue weighted by atomic mass is 10.1. The Morgan fingerprint density at radius 3 is 2.70 bits per heavy atom. The smallest absolute Gasteiger partial charge is 0.416 e. The van der Waals surface area contributed by atoms with Crippen LogP contribution in [0.15, 0.2) is 36.4 Å². The summed E-state index contributed by atoms with van der Waals surface area (Å²) in [6, 6.07) is 9.83. The van der Waals surface area contributed by atoms with Crippen molar-refractivity contribution in [3.8, 4) is 5.75 Å². The number of anilines is 1. The van der Waals surface area contributed by atoms with Gasteiger partial charge in [-0.25, -0.2) is 4.98 Å². The van der Waals surface area contributed by atoms with Crippen molar-refractivity contribution in [3.05, 3.63) is 53.1 Å². The molecule has 9 heteroatoms. The summed E-state index contributed by atoms with van der Waals surface area (Å²) in [5, 5.41) is 0.759. The van der Waals surface area contributed by atoms with Crippen LogP contribution >= 0.6 is 11.3 Å². The van der Waals surface area contributed by atoms with Gasteiger partial charge in [0.05, 0.1) is 15.8 Å². The summed E-state index contributed by atoms with van der Waals surface area (Å²) in [5.41, 5.74) is 2.06. The second kappa shape index (κ2) is 9.30. The summed E-state index contributed by atoms with van der Waals surface area (Å²) in [7, 11) is 0. The minimum absolute atomic E-state index is 0.272. The minimum Gasteiger partial charge on any atom is -0.427 e.